The minimum atomic E-state index is -0.101. The third kappa shape index (κ3) is 4.76. The fourth-order valence-electron chi connectivity index (χ4n) is 2.88. The topological polar surface area (TPSA) is 64.4 Å². The molecule has 0 saturated carbocycles. The van der Waals surface area contributed by atoms with Crippen molar-refractivity contribution in [1.29, 1.82) is 0 Å². The molecule has 0 aliphatic rings. The van der Waals surface area contributed by atoms with Crippen molar-refractivity contribution >= 4 is 5.91 Å². The smallest absolute Gasteiger partial charge is 0.226 e. The Bertz CT molecular complexity index is 896. The molecule has 0 atom stereocenters. The number of amides is 1. The van der Waals surface area contributed by atoms with E-state index >= 15 is 0 Å². The van der Waals surface area contributed by atoms with Crippen LogP contribution in [-0.2, 0) is 11.2 Å². The fourth-order valence-corrected chi connectivity index (χ4v) is 2.88. The van der Waals surface area contributed by atoms with E-state index in [1.807, 2.05) is 69.3 Å². The fraction of sp³-hybridized carbons (Fsp3) is 0.273. The van der Waals surface area contributed by atoms with E-state index in [4.69, 9.17) is 9.15 Å². The van der Waals surface area contributed by atoms with Crippen molar-refractivity contribution in [2.75, 3.05) is 13.2 Å². The molecule has 1 N–H and O–H groups in total. The standard InChI is InChI=1S/C22H24N2O3/c1-15-8-7-9-16(2)21(15)26-13-12-23-20(25)14-19-17(3)27-22(24-19)18-10-5-4-6-11-18/h4-11H,12-14H2,1-3H3,(H,23,25). The predicted octanol–water partition coefficient (Wildman–Crippen LogP) is 4.00. The van der Waals surface area contributed by atoms with Crippen molar-refractivity contribution < 1.29 is 13.9 Å². The van der Waals surface area contributed by atoms with Crippen LogP contribution in [0, 0.1) is 20.8 Å². The van der Waals surface area contributed by atoms with E-state index in [0.717, 1.165) is 22.4 Å². The zero-order valence-electron chi connectivity index (χ0n) is 15.9. The van der Waals surface area contributed by atoms with Crippen LogP contribution >= 0.6 is 0 Å². The molecule has 1 aromatic heterocycles. The molecule has 3 rings (SSSR count). The molecule has 0 fully saturated rings. The number of oxazole rings is 1. The first kappa shape index (κ1) is 18.7. The van der Waals surface area contributed by atoms with Gasteiger partial charge in [-0.1, -0.05) is 36.4 Å². The van der Waals surface area contributed by atoms with Crippen LogP contribution in [0.4, 0.5) is 0 Å². The van der Waals surface area contributed by atoms with E-state index in [1.165, 1.54) is 0 Å². The number of para-hydroxylation sites is 1. The number of carbonyl (C=O) groups is 1. The number of benzene rings is 2. The SMILES string of the molecule is Cc1cccc(C)c1OCCNC(=O)Cc1nc(-c2ccccc2)oc1C. The van der Waals surface area contributed by atoms with Gasteiger partial charge in [0.15, 0.2) is 0 Å². The molecule has 140 valence electrons. The number of ether oxygens (including phenoxy) is 1. The summed E-state index contributed by atoms with van der Waals surface area (Å²) in [7, 11) is 0. The van der Waals surface area contributed by atoms with Crippen molar-refractivity contribution in [2.24, 2.45) is 0 Å². The molecule has 1 heterocycles. The largest absolute Gasteiger partial charge is 0.491 e. The van der Waals surface area contributed by atoms with Gasteiger partial charge in [0.2, 0.25) is 11.8 Å². The second kappa shape index (κ2) is 8.54. The minimum absolute atomic E-state index is 0.101. The average Bonchev–Trinajstić information content (AvgIpc) is 3.02. The van der Waals surface area contributed by atoms with Crippen LogP contribution in [0.2, 0.25) is 0 Å². The molecule has 2 aromatic carbocycles. The van der Waals surface area contributed by atoms with Gasteiger partial charge in [0.1, 0.15) is 18.1 Å². The van der Waals surface area contributed by atoms with Gasteiger partial charge in [0.25, 0.3) is 0 Å². The van der Waals surface area contributed by atoms with Crippen LogP contribution in [0.5, 0.6) is 5.75 Å². The van der Waals surface area contributed by atoms with Gasteiger partial charge in [-0.2, -0.15) is 0 Å². The highest BCUT2D eigenvalue weighted by atomic mass is 16.5. The number of nitrogens with one attached hydrogen (secondary N) is 1. The second-order valence-corrected chi connectivity index (χ2v) is 6.48. The summed E-state index contributed by atoms with van der Waals surface area (Å²) in [6.07, 6.45) is 0.186. The number of nitrogens with zero attached hydrogens (tertiary/aromatic N) is 1. The van der Waals surface area contributed by atoms with Gasteiger partial charge in [-0.3, -0.25) is 4.79 Å². The quantitative estimate of drug-likeness (QED) is 0.644. The molecule has 3 aromatic rings. The Labute approximate surface area is 159 Å². The van der Waals surface area contributed by atoms with Crippen LogP contribution in [0.3, 0.4) is 0 Å². The van der Waals surface area contributed by atoms with Gasteiger partial charge in [-0.25, -0.2) is 4.98 Å². The molecule has 5 nitrogen and oxygen atoms in total. The molecule has 1 amide bonds. The van der Waals surface area contributed by atoms with Gasteiger partial charge in [-0.05, 0) is 44.0 Å². The molecule has 27 heavy (non-hydrogen) atoms. The first-order valence-corrected chi connectivity index (χ1v) is 9.02. The Balaban J connectivity index is 1.51. The first-order valence-electron chi connectivity index (χ1n) is 9.02. The van der Waals surface area contributed by atoms with Crippen LogP contribution in [-0.4, -0.2) is 24.0 Å². The van der Waals surface area contributed by atoms with Crippen LogP contribution in [0.1, 0.15) is 22.6 Å². The molecular formula is C22H24N2O3. The Morgan fingerprint density at radius 1 is 1.04 bits per heavy atom. The van der Waals surface area contributed by atoms with E-state index in [-0.39, 0.29) is 12.3 Å². The maximum atomic E-state index is 12.2. The molecule has 0 aliphatic heterocycles. The average molecular weight is 364 g/mol. The van der Waals surface area contributed by atoms with Gasteiger partial charge in [0, 0.05) is 5.56 Å². The number of carbonyl (C=O) groups excluding carboxylic acids is 1. The molecule has 0 spiro atoms. The monoisotopic (exact) mass is 364 g/mol. The molecule has 0 saturated heterocycles. The molecule has 0 unspecified atom stereocenters. The van der Waals surface area contributed by atoms with Crippen molar-refractivity contribution in [2.45, 2.75) is 27.2 Å². The van der Waals surface area contributed by atoms with Gasteiger partial charge >= 0.3 is 0 Å². The van der Waals surface area contributed by atoms with Gasteiger partial charge in [0.05, 0.1) is 18.7 Å². The molecule has 0 bridgehead atoms. The lowest BCUT2D eigenvalue weighted by atomic mass is 10.1. The van der Waals surface area contributed by atoms with Crippen LogP contribution in [0.15, 0.2) is 52.9 Å². The Hall–Kier alpha value is -3.08. The van der Waals surface area contributed by atoms with Gasteiger partial charge in [-0.15, -0.1) is 0 Å². The van der Waals surface area contributed by atoms with E-state index in [9.17, 15) is 4.79 Å². The van der Waals surface area contributed by atoms with E-state index in [0.29, 0.717) is 30.5 Å². The lowest BCUT2D eigenvalue weighted by Gasteiger charge is -2.12. The lowest BCUT2D eigenvalue weighted by Crippen LogP contribution is -2.29. The predicted molar refractivity (Wildman–Crippen MR) is 105 cm³/mol. The summed E-state index contributed by atoms with van der Waals surface area (Å²) in [4.78, 5) is 16.7. The zero-order valence-corrected chi connectivity index (χ0v) is 15.9. The highest BCUT2D eigenvalue weighted by molar-refractivity contribution is 5.78. The third-order valence-electron chi connectivity index (χ3n) is 4.32. The number of hydrogen-bond acceptors (Lipinski definition) is 4. The lowest BCUT2D eigenvalue weighted by molar-refractivity contribution is -0.120. The normalized spacial score (nSPS) is 10.6. The number of rotatable bonds is 7. The van der Waals surface area contributed by atoms with Crippen molar-refractivity contribution in [3.63, 3.8) is 0 Å². The van der Waals surface area contributed by atoms with Gasteiger partial charge < -0.3 is 14.5 Å². The summed E-state index contributed by atoms with van der Waals surface area (Å²) >= 11 is 0. The maximum Gasteiger partial charge on any atom is 0.226 e. The molecule has 0 aliphatic carbocycles. The Kier molecular flexibility index (Phi) is 5.91. The van der Waals surface area contributed by atoms with E-state index in [1.54, 1.807) is 0 Å². The number of aromatic nitrogens is 1. The highest BCUT2D eigenvalue weighted by Gasteiger charge is 2.14. The summed E-state index contributed by atoms with van der Waals surface area (Å²) < 4.78 is 11.5. The van der Waals surface area contributed by atoms with Crippen LogP contribution < -0.4 is 10.1 Å². The molecule has 5 heteroatoms. The summed E-state index contributed by atoms with van der Waals surface area (Å²) in [5, 5.41) is 2.87. The zero-order chi connectivity index (χ0) is 19.2. The maximum absolute atomic E-state index is 12.2. The first-order chi connectivity index (χ1) is 13.0. The Morgan fingerprint density at radius 3 is 2.44 bits per heavy atom. The third-order valence-corrected chi connectivity index (χ3v) is 4.32. The summed E-state index contributed by atoms with van der Waals surface area (Å²) in [5.41, 5.74) is 3.73. The van der Waals surface area contributed by atoms with Crippen molar-refractivity contribution in [3.8, 4) is 17.2 Å². The number of aryl methyl sites for hydroxylation is 3. The highest BCUT2D eigenvalue weighted by Crippen LogP contribution is 2.22. The summed E-state index contributed by atoms with van der Waals surface area (Å²) in [6.45, 7) is 6.71. The van der Waals surface area contributed by atoms with E-state index < -0.39 is 0 Å². The second-order valence-electron chi connectivity index (χ2n) is 6.48. The summed E-state index contributed by atoms with van der Waals surface area (Å²) in [5.74, 6) is 1.98. The number of hydrogen-bond donors (Lipinski definition) is 1. The van der Waals surface area contributed by atoms with Crippen LogP contribution in [0.25, 0.3) is 11.5 Å². The Morgan fingerprint density at radius 2 is 1.74 bits per heavy atom. The molecule has 0 radical (unpaired) electrons. The minimum Gasteiger partial charge on any atom is -0.491 e. The molecular weight excluding hydrogens is 340 g/mol. The van der Waals surface area contributed by atoms with Crippen molar-refractivity contribution in [1.82, 2.24) is 10.3 Å². The summed E-state index contributed by atoms with van der Waals surface area (Å²) in [6, 6.07) is 15.7. The van der Waals surface area contributed by atoms with Crippen molar-refractivity contribution in [3.05, 3.63) is 71.1 Å². The van der Waals surface area contributed by atoms with E-state index in [2.05, 4.69) is 10.3 Å².